The fraction of sp³-hybridized carbons (Fsp3) is 0.316. The number of methoxy groups -OCH3 is 2. The Morgan fingerprint density at radius 3 is 2.60 bits per heavy atom. The third kappa shape index (κ3) is 3.82. The van der Waals surface area contributed by atoms with E-state index in [4.69, 9.17) is 21.1 Å². The van der Waals surface area contributed by atoms with Crippen molar-refractivity contribution in [3.63, 3.8) is 0 Å². The van der Waals surface area contributed by atoms with Crippen LogP contribution in [0.2, 0.25) is 5.02 Å². The lowest BCUT2D eigenvalue weighted by Crippen LogP contribution is -2.34. The molecular weight excluding hydrogens is 340 g/mol. The number of hydrogen-bond acceptors (Lipinski definition) is 3. The number of ether oxygens (including phenoxy) is 2. The molecule has 1 unspecified atom stereocenters. The molecular formula is C19H21ClN2O3. The Balaban J connectivity index is 1.80. The molecule has 1 aliphatic rings. The minimum Gasteiger partial charge on any atom is -0.497 e. The maximum Gasteiger partial charge on any atom is 0.322 e. The molecule has 0 spiro atoms. The zero-order valence-electron chi connectivity index (χ0n) is 14.3. The number of benzene rings is 2. The van der Waals surface area contributed by atoms with Crippen molar-refractivity contribution in [3.05, 3.63) is 53.1 Å². The molecule has 0 aromatic heterocycles. The first kappa shape index (κ1) is 17.4. The van der Waals surface area contributed by atoms with Crippen LogP contribution in [0.3, 0.4) is 0 Å². The number of nitrogens with zero attached hydrogens (tertiary/aromatic N) is 1. The third-order valence-corrected chi connectivity index (χ3v) is 4.66. The summed E-state index contributed by atoms with van der Waals surface area (Å²) in [5.41, 5.74) is 1.72. The predicted molar refractivity (Wildman–Crippen MR) is 98.7 cm³/mol. The van der Waals surface area contributed by atoms with Gasteiger partial charge in [0, 0.05) is 28.9 Å². The van der Waals surface area contributed by atoms with Crippen molar-refractivity contribution in [2.24, 2.45) is 0 Å². The molecule has 2 amide bonds. The lowest BCUT2D eigenvalue weighted by molar-refractivity contribution is 0.206. The summed E-state index contributed by atoms with van der Waals surface area (Å²) in [6.07, 6.45) is 1.85. The Labute approximate surface area is 152 Å². The molecule has 1 N–H and O–H groups in total. The molecule has 0 aliphatic carbocycles. The number of carbonyl (C=O) groups is 1. The third-order valence-electron chi connectivity index (χ3n) is 4.41. The molecule has 1 fully saturated rings. The molecule has 0 radical (unpaired) electrons. The zero-order valence-corrected chi connectivity index (χ0v) is 15.0. The molecule has 132 valence electrons. The van der Waals surface area contributed by atoms with Crippen LogP contribution in [0.4, 0.5) is 10.5 Å². The predicted octanol–water partition coefficient (Wildman–Crippen LogP) is 4.73. The highest BCUT2D eigenvalue weighted by atomic mass is 35.5. The number of likely N-dealkylation sites (tertiary alicyclic amines) is 1. The van der Waals surface area contributed by atoms with E-state index in [1.807, 2.05) is 23.1 Å². The van der Waals surface area contributed by atoms with Crippen molar-refractivity contribution < 1.29 is 14.3 Å². The first-order valence-electron chi connectivity index (χ1n) is 8.17. The van der Waals surface area contributed by atoms with Crippen LogP contribution in [0.15, 0.2) is 42.5 Å². The van der Waals surface area contributed by atoms with Gasteiger partial charge in [0.1, 0.15) is 11.5 Å². The Bertz CT molecular complexity index is 749. The number of rotatable bonds is 4. The molecule has 25 heavy (non-hydrogen) atoms. The van der Waals surface area contributed by atoms with E-state index in [0.717, 1.165) is 35.6 Å². The summed E-state index contributed by atoms with van der Waals surface area (Å²) in [4.78, 5) is 14.6. The van der Waals surface area contributed by atoms with Gasteiger partial charge in [0.2, 0.25) is 0 Å². The Hall–Kier alpha value is -2.40. The van der Waals surface area contributed by atoms with Crippen molar-refractivity contribution in [2.45, 2.75) is 18.9 Å². The number of carbonyl (C=O) groups excluding carboxylic acids is 1. The topological polar surface area (TPSA) is 50.8 Å². The van der Waals surface area contributed by atoms with Crippen LogP contribution in [0.1, 0.15) is 24.4 Å². The Morgan fingerprint density at radius 2 is 1.92 bits per heavy atom. The van der Waals surface area contributed by atoms with E-state index in [-0.39, 0.29) is 12.1 Å². The van der Waals surface area contributed by atoms with Crippen LogP contribution >= 0.6 is 11.6 Å². The molecule has 0 bridgehead atoms. The van der Waals surface area contributed by atoms with E-state index in [1.165, 1.54) is 0 Å². The van der Waals surface area contributed by atoms with Crippen LogP contribution in [-0.4, -0.2) is 31.7 Å². The van der Waals surface area contributed by atoms with Crippen molar-refractivity contribution >= 4 is 23.3 Å². The first-order chi connectivity index (χ1) is 12.1. The normalized spacial score (nSPS) is 16.6. The molecule has 1 atom stereocenters. The quantitative estimate of drug-likeness (QED) is 0.857. The molecule has 3 rings (SSSR count). The summed E-state index contributed by atoms with van der Waals surface area (Å²) in [7, 11) is 3.25. The van der Waals surface area contributed by atoms with Gasteiger partial charge in [-0.05, 0) is 49.2 Å². The molecule has 1 saturated heterocycles. The van der Waals surface area contributed by atoms with Crippen molar-refractivity contribution in [3.8, 4) is 11.5 Å². The summed E-state index contributed by atoms with van der Waals surface area (Å²) in [5.74, 6) is 1.46. The van der Waals surface area contributed by atoms with Gasteiger partial charge < -0.3 is 19.7 Å². The number of anilines is 1. The molecule has 1 aliphatic heterocycles. The van der Waals surface area contributed by atoms with E-state index in [9.17, 15) is 4.79 Å². The highest BCUT2D eigenvalue weighted by Crippen LogP contribution is 2.38. The second-order valence-corrected chi connectivity index (χ2v) is 6.33. The Morgan fingerprint density at radius 1 is 1.16 bits per heavy atom. The van der Waals surface area contributed by atoms with E-state index in [2.05, 4.69) is 5.32 Å². The lowest BCUT2D eigenvalue weighted by atomic mass is 10.0. The van der Waals surface area contributed by atoms with Gasteiger partial charge in [0.15, 0.2) is 0 Å². The number of urea groups is 1. The molecule has 5 nitrogen and oxygen atoms in total. The molecule has 2 aromatic rings. The largest absolute Gasteiger partial charge is 0.497 e. The monoisotopic (exact) mass is 360 g/mol. The minimum atomic E-state index is -0.123. The maximum absolute atomic E-state index is 12.7. The summed E-state index contributed by atoms with van der Waals surface area (Å²) in [5, 5.41) is 3.57. The summed E-state index contributed by atoms with van der Waals surface area (Å²) in [6, 6.07) is 12.7. The van der Waals surface area contributed by atoms with E-state index in [0.29, 0.717) is 11.6 Å². The van der Waals surface area contributed by atoms with Crippen molar-refractivity contribution in [1.82, 2.24) is 4.90 Å². The van der Waals surface area contributed by atoms with Gasteiger partial charge in [-0.25, -0.2) is 4.79 Å². The van der Waals surface area contributed by atoms with Gasteiger partial charge in [-0.15, -0.1) is 0 Å². The average molecular weight is 361 g/mol. The first-order valence-corrected chi connectivity index (χ1v) is 8.55. The average Bonchev–Trinajstić information content (AvgIpc) is 3.12. The molecule has 1 heterocycles. The van der Waals surface area contributed by atoms with Gasteiger partial charge in [0.05, 0.1) is 20.3 Å². The summed E-state index contributed by atoms with van der Waals surface area (Å²) in [6.45, 7) is 0.708. The fourth-order valence-electron chi connectivity index (χ4n) is 3.16. The summed E-state index contributed by atoms with van der Waals surface area (Å²) >= 11 is 5.89. The van der Waals surface area contributed by atoms with Crippen LogP contribution in [0.25, 0.3) is 0 Å². The smallest absolute Gasteiger partial charge is 0.322 e. The standard InChI is InChI=1S/C19H21ClN2O3/c1-24-15-9-10-16(18(12-15)25-2)17-4-3-11-22(17)19(23)21-14-7-5-13(20)6-8-14/h5-10,12,17H,3-4,11H2,1-2H3,(H,21,23). The molecule has 2 aromatic carbocycles. The van der Waals surface area contributed by atoms with Crippen LogP contribution in [0, 0.1) is 0 Å². The number of halogens is 1. The van der Waals surface area contributed by atoms with Gasteiger partial charge in [-0.1, -0.05) is 11.6 Å². The second-order valence-electron chi connectivity index (χ2n) is 5.90. The van der Waals surface area contributed by atoms with Crippen molar-refractivity contribution in [2.75, 3.05) is 26.1 Å². The van der Waals surface area contributed by atoms with Gasteiger partial charge in [-0.2, -0.15) is 0 Å². The number of amides is 2. The highest BCUT2D eigenvalue weighted by molar-refractivity contribution is 6.30. The Kier molecular flexibility index (Phi) is 5.34. The van der Waals surface area contributed by atoms with Gasteiger partial charge in [-0.3, -0.25) is 0 Å². The molecule has 0 saturated carbocycles. The molecule has 6 heteroatoms. The van der Waals surface area contributed by atoms with Crippen LogP contribution in [0.5, 0.6) is 11.5 Å². The van der Waals surface area contributed by atoms with Crippen LogP contribution in [-0.2, 0) is 0 Å². The SMILES string of the molecule is COc1ccc(C2CCCN2C(=O)Nc2ccc(Cl)cc2)c(OC)c1. The second kappa shape index (κ2) is 7.66. The highest BCUT2D eigenvalue weighted by Gasteiger charge is 2.32. The van der Waals surface area contributed by atoms with E-state index in [1.54, 1.807) is 38.5 Å². The zero-order chi connectivity index (χ0) is 17.8. The van der Waals surface area contributed by atoms with Gasteiger partial charge in [0.25, 0.3) is 0 Å². The van der Waals surface area contributed by atoms with Crippen molar-refractivity contribution in [1.29, 1.82) is 0 Å². The number of hydrogen-bond donors (Lipinski definition) is 1. The lowest BCUT2D eigenvalue weighted by Gasteiger charge is -2.26. The van der Waals surface area contributed by atoms with E-state index < -0.39 is 0 Å². The van der Waals surface area contributed by atoms with E-state index >= 15 is 0 Å². The number of nitrogens with one attached hydrogen (secondary N) is 1. The van der Waals surface area contributed by atoms with Gasteiger partial charge >= 0.3 is 6.03 Å². The minimum absolute atomic E-state index is 0.0202. The van der Waals surface area contributed by atoms with Crippen LogP contribution < -0.4 is 14.8 Å². The fourth-order valence-corrected chi connectivity index (χ4v) is 3.28. The summed E-state index contributed by atoms with van der Waals surface area (Å²) < 4.78 is 10.8. The maximum atomic E-state index is 12.7.